The third-order valence-corrected chi connectivity index (χ3v) is 4.41. The zero-order valence-corrected chi connectivity index (χ0v) is 13.9. The zero-order chi connectivity index (χ0) is 15.9. The van der Waals surface area contributed by atoms with Gasteiger partial charge in [-0.15, -0.1) is 11.3 Å². The van der Waals surface area contributed by atoms with Crippen LogP contribution in [0.5, 0.6) is 0 Å². The molecule has 0 atom stereocenters. The molecule has 3 N–H and O–H groups in total. The molecule has 0 saturated heterocycles. The lowest BCUT2D eigenvalue weighted by atomic mass is 10.1. The lowest BCUT2D eigenvalue weighted by Gasteiger charge is -2.15. The summed E-state index contributed by atoms with van der Waals surface area (Å²) in [6.45, 7) is 4.07. The van der Waals surface area contributed by atoms with Crippen molar-refractivity contribution >= 4 is 17.2 Å². The van der Waals surface area contributed by atoms with E-state index in [0.717, 1.165) is 49.5 Å². The maximum absolute atomic E-state index is 9.02. The number of nitrogens with zero attached hydrogens (tertiary/aromatic N) is 4. The van der Waals surface area contributed by atoms with Crippen LogP contribution in [-0.2, 0) is 12.8 Å². The number of hydrogen-bond donors (Lipinski definition) is 2. The van der Waals surface area contributed by atoms with Gasteiger partial charge in [0.05, 0.1) is 16.4 Å². The van der Waals surface area contributed by atoms with Gasteiger partial charge in [-0.3, -0.25) is 5.10 Å². The fraction of sp³-hybridized carbons (Fsp3) is 0.533. The molecule has 0 aliphatic heterocycles. The van der Waals surface area contributed by atoms with Crippen LogP contribution in [0.1, 0.15) is 34.8 Å². The van der Waals surface area contributed by atoms with Crippen LogP contribution in [0.2, 0.25) is 0 Å². The molecule has 2 rings (SSSR count). The molecule has 2 heterocycles. The van der Waals surface area contributed by atoms with Gasteiger partial charge in [0.1, 0.15) is 11.6 Å². The predicted octanol–water partition coefficient (Wildman–Crippen LogP) is 2.13. The standard InChI is InChI=1S/C15H22N6S/c1-11-18-12(10-22-11)5-3-7-21(2)8-4-6-14-13(9-16)15(17)20-19-14/h10H,3-8H2,1-2H3,(H3,17,19,20). The van der Waals surface area contributed by atoms with Crippen LogP contribution < -0.4 is 5.73 Å². The average Bonchev–Trinajstić information content (AvgIpc) is 3.05. The number of hydrogen-bond acceptors (Lipinski definition) is 6. The topological polar surface area (TPSA) is 94.6 Å². The number of thiazole rings is 1. The van der Waals surface area contributed by atoms with Crippen molar-refractivity contribution in [1.29, 1.82) is 5.26 Å². The molecule has 22 heavy (non-hydrogen) atoms. The summed E-state index contributed by atoms with van der Waals surface area (Å²) in [5, 5.41) is 19.0. The van der Waals surface area contributed by atoms with E-state index in [1.54, 1.807) is 11.3 Å². The fourth-order valence-electron chi connectivity index (χ4n) is 2.39. The van der Waals surface area contributed by atoms with E-state index < -0.39 is 0 Å². The molecule has 2 aromatic heterocycles. The monoisotopic (exact) mass is 318 g/mol. The molecular formula is C15H22N6S. The molecule has 0 saturated carbocycles. The second kappa shape index (κ2) is 7.92. The van der Waals surface area contributed by atoms with Crippen LogP contribution in [-0.4, -0.2) is 40.2 Å². The van der Waals surface area contributed by atoms with Crippen molar-refractivity contribution in [3.63, 3.8) is 0 Å². The summed E-state index contributed by atoms with van der Waals surface area (Å²) in [4.78, 5) is 6.79. The van der Waals surface area contributed by atoms with Crippen LogP contribution in [0.25, 0.3) is 0 Å². The molecule has 0 amide bonds. The molecule has 0 aliphatic rings. The minimum Gasteiger partial charge on any atom is -0.381 e. The zero-order valence-electron chi connectivity index (χ0n) is 13.1. The molecule has 0 radical (unpaired) electrons. The van der Waals surface area contributed by atoms with Gasteiger partial charge in [0, 0.05) is 5.38 Å². The van der Waals surface area contributed by atoms with Gasteiger partial charge in [-0.05, 0) is 52.7 Å². The van der Waals surface area contributed by atoms with Crippen LogP contribution in [0, 0.1) is 18.3 Å². The highest BCUT2D eigenvalue weighted by Crippen LogP contribution is 2.13. The van der Waals surface area contributed by atoms with Crippen LogP contribution >= 0.6 is 11.3 Å². The molecule has 6 nitrogen and oxygen atoms in total. The first kappa shape index (κ1) is 16.5. The Balaban J connectivity index is 1.65. The van der Waals surface area contributed by atoms with Gasteiger partial charge in [0.25, 0.3) is 0 Å². The minimum absolute atomic E-state index is 0.296. The molecule has 2 aromatic rings. The molecule has 0 unspecified atom stereocenters. The summed E-state index contributed by atoms with van der Waals surface area (Å²) in [6, 6.07) is 2.10. The second-order valence-electron chi connectivity index (χ2n) is 5.44. The number of nitrogens with two attached hydrogens (primary N) is 1. The Morgan fingerprint density at radius 2 is 2.09 bits per heavy atom. The summed E-state index contributed by atoms with van der Waals surface area (Å²) >= 11 is 1.71. The largest absolute Gasteiger partial charge is 0.381 e. The van der Waals surface area contributed by atoms with Crippen molar-refractivity contribution in [1.82, 2.24) is 20.1 Å². The highest BCUT2D eigenvalue weighted by atomic mass is 32.1. The number of aromatic nitrogens is 3. The van der Waals surface area contributed by atoms with E-state index in [9.17, 15) is 0 Å². The van der Waals surface area contributed by atoms with E-state index in [0.29, 0.717) is 11.4 Å². The highest BCUT2D eigenvalue weighted by molar-refractivity contribution is 7.09. The van der Waals surface area contributed by atoms with E-state index in [1.165, 1.54) is 5.69 Å². The number of nitrogen functional groups attached to an aromatic ring is 1. The van der Waals surface area contributed by atoms with Gasteiger partial charge >= 0.3 is 0 Å². The molecule has 118 valence electrons. The molecule has 0 aliphatic carbocycles. The first-order chi connectivity index (χ1) is 10.6. The minimum atomic E-state index is 0.296. The maximum atomic E-state index is 9.02. The lowest BCUT2D eigenvalue weighted by Crippen LogP contribution is -2.22. The van der Waals surface area contributed by atoms with Crippen molar-refractivity contribution in [2.75, 3.05) is 25.9 Å². The van der Waals surface area contributed by atoms with E-state index >= 15 is 0 Å². The summed E-state index contributed by atoms with van der Waals surface area (Å²) in [7, 11) is 2.12. The Bertz CT molecular complexity index is 639. The molecule has 0 aromatic carbocycles. The number of rotatable bonds is 8. The van der Waals surface area contributed by atoms with E-state index in [-0.39, 0.29) is 0 Å². The number of anilines is 1. The van der Waals surface area contributed by atoms with Gasteiger partial charge in [-0.2, -0.15) is 10.4 Å². The third-order valence-electron chi connectivity index (χ3n) is 3.59. The SMILES string of the molecule is Cc1nc(CCCN(C)CCCc2[nH]nc(N)c2C#N)cs1. The van der Waals surface area contributed by atoms with Crippen molar-refractivity contribution in [3.05, 3.63) is 27.3 Å². The molecule has 0 spiro atoms. The van der Waals surface area contributed by atoms with Gasteiger partial charge in [0.2, 0.25) is 0 Å². The summed E-state index contributed by atoms with van der Waals surface area (Å²) in [5.41, 5.74) is 8.15. The Kier molecular flexibility index (Phi) is 5.92. The summed E-state index contributed by atoms with van der Waals surface area (Å²) in [6.07, 6.45) is 3.91. The highest BCUT2D eigenvalue weighted by Gasteiger charge is 2.10. The van der Waals surface area contributed by atoms with Gasteiger partial charge in [0.15, 0.2) is 5.82 Å². The first-order valence-electron chi connectivity index (χ1n) is 7.42. The van der Waals surface area contributed by atoms with Gasteiger partial charge in [-0.25, -0.2) is 4.98 Å². The van der Waals surface area contributed by atoms with Crippen LogP contribution in [0.15, 0.2) is 5.38 Å². The Morgan fingerprint density at radius 1 is 1.36 bits per heavy atom. The van der Waals surface area contributed by atoms with Crippen LogP contribution in [0.3, 0.4) is 0 Å². The van der Waals surface area contributed by atoms with Gasteiger partial charge in [-0.1, -0.05) is 0 Å². The van der Waals surface area contributed by atoms with E-state index in [1.807, 2.05) is 6.92 Å². The predicted molar refractivity (Wildman–Crippen MR) is 88.7 cm³/mol. The molecular weight excluding hydrogens is 296 g/mol. The Labute approximate surface area is 135 Å². The second-order valence-corrected chi connectivity index (χ2v) is 6.50. The number of aryl methyl sites for hydroxylation is 3. The third kappa shape index (κ3) is 4.55. The normalized spacial score (nSPS) is 11.0. The van der Waals surface area contributed by atoms with Crippen molar-refractivity contribution in [2.24, 2.45) is 0 Å². The van der Waals surface area contributed by atoms with Crippen molar-refractivity contribution in [2.45, 2.75) is 32.6 Å². The maximum Gasteiger partial charge on any atom is 0.163 e. The fourth-order valence-corrected chi connectivity index (χ4v) is 3.04. The quantitative estimate of drug-likeness (QED) is 0.777. The Hall–Kier alpha value is -1.91. The molecule has 7 heteroatoms. The molecule has 0 bridgehead atoms. The van der Waals surface area contributed by atoms with Gasteiger partial charge < -0.3 is 10.6 Å². The van der Waals surface area contributed by atoms with Crippen molar-refractivity contribution < 1.29 is 0 Å². The smallest absolute Gasteiger partial charge is 0.163 e. The summed E-state index contributed by atoms with van der Waals surface area (Å²) in [5.74, 6) is 0.296. The lowest BCUT2D eigenvalue weighted by molar-refractivity contribution is 0.324. The van der Waals surface area contributed by atoms with Crippen LogP contribution in [0.4, 0.5) is 5.82 Å². The number of H-pyrrole nitrogens is 1. The summed E-state index contributed by atoms with van der Waals surface area (Å²) < 4.78 is 0. The first-order valence-corrected chi connectivity index (χ1v) is 8.30. The number of aromatic amines is 1. The van der Waals surface area contributed by atoms with E-state index in [2.05, 4.69) is 38.6 Å². The van der Waals surface area contributed by atoms with Crippen molar-refractivity contribution in [3.8, 4) is 6.07 Å². The number of nitriles is 1. The Morgan fingerprint density at radius 3 is 2.73 bits per heavy atom. The molecule has 0 fully saturated rings. The average molecular weight is 318 g/mol. The number of nitrogens with one attached hydrogen (secondary N) is 1. The van der Waals surface area contributed by atoms with E-state index in [4.69, 9.17) is 11.0 Å².